The molecule has 0 radical (unpaired) electrons. The van der Waals surface area contributed by atoms with Gasteiger partial charge in [0.1, 0.15) is 0 Å². The molecule has 0 aliphatic carbocycles. The Morgan fingerprint density at radius 3 is 0.735 bits per heavy atom. The molecular weight excluding hydrogens is 997 g/mol. The van der Waals surface area contributed by atoms with Crippen LogP contribution in [0.5, 0.6) is 0 Å². The van der Waals surface area contributed by atoms with Crippen LogP contribution >= 0.6 is 0 Å². The van der Waals surface area contributed by atoms with Crippen molar-refractivity contribution in [2.24, 2.45) is 0 Å². The van der Waals surface area contributed by atoms with Crippen molar-refractivity contribution in [2.45, 2.75) is 6.92 Å². The average molecular weight is 1050 g/mol. The number of fused-ring (bicyclic) bond motifs is 17. The van der Waals surface area contributed by atoms with Gasteiger partial charge in [-0.3, -0.25) is 0 Å². The predicted octanol–water partition coefficient (Wildman–Crippen LogP) is 23.7. The summed E-state index contributed by atoms with van der Waals surface area (Å²) in [4.78, 5) is 0. The van der Waals surface area contributed by atoms with Gasteiger partial charge in [0.05, 0.1) is 0 Å². The Morgan fingerprint density at radius 1 is 0.133 bits per heavy atom. The number of rotatable bonds is 4. The number of hydrogen-bond acceptors (Lipinski definition) is 0. The predicted molar refractivity (Wildman–Crippen MR) is 361 cm³/mol. The Labute approximate surface area is 479 Å². The fourth-order valence-electron chi connectivity index (χ4n) is 14.7. The minimum Gasteiger partial charge on any atom is -0.0616 e. The molecule has 0 saturated carbocycles. The summed E-state index contributed by atoms with van der Waals surface area (Å²) in [6.45, 7) is 2.21. The Balaban J connectivity index is 0.728. The van der Waals surface area contributed by atoms with Crippen molar-refractivity contribution in [2.75, 3.05) is 0 Å². The second kappa shape index (κ2) is 17.7. The Bertz CT molecular complexity index is 5870. The summed E-state index contributed by atoms with van der Waals surface area (Å²) >= 11 is 0. The normalized spacial score (nSPS) is 12.2. The van der Waals surface area contributed by atoms with E-state index in [1.54, 1.807) is 0 Å². The Morgan fingerprint density at radius 2 is 0.361 bits per heavy atom. The van der Waals surface area contributed by atoms with Gasteiger partial charge in [-0.2, -0.15) is 0 Å². The molecule has 18 aromatic rings. The highest BCUT2D eigenvalue weighted by molar-refractivity contribution is 6.24. The van der Waals surface area contributed by atoms with E-state index in [0.29, 0.717) is 0 Å². The molecule has 83 heavy (non-hydrogen) atoms. The van der Waals surface area contributed by atoms with Crippen molar-refractivity contribution < 1.29 is 0 Å². The van der Waals surface area contributed by atoms with Gasteiger partial charge in [-0.25, -0.2) is 0 Å². The maximum atomic E-state index is 2.43. The molecule has 382 valence electrons. The fraction of sp³-hybridized carbons (Fsp3) is 0.0120. The molecule has 18 rings (SSSR count). The standard InChI is InChI=1S/C83H50/c1-49-13-4-16-51-42-80-55(41-76(49)51)33-37-72-61(25-9-29-68(72)80)62-26-10-30-69-73(62)38-34-57-47-78-53(44-81(57)69)18-7-23-66(78)64-28-12-32-71-75(64)40-36-58-48-79-54(45-83(58)71)19-8-24-67(79)63-27-11-31-70-74(63)39-35-56-46-77-52(43-82(56)70)17-6-22-65(77)60-21-5-15-50-14-2-3-20-59(50)60/h2-48H,1H3. The van der Waals surface area contributed by atoms with E-state index >= 15 is 0 Å². The van der Waals surface area contributed by atoms with Gasteiger partial charge in [0, 0.05) is 0 Å². The molecule has 18 aromatic carbocycles. The molecule has 0 fully saturated rings. The van der Waals surface area contributed by atoms with Gasteiger partial charge in [-0.1, -0.05) is 237 Å². The summed E-state index contributed by atoms with van der Waals surface area (Å²) in [5.74, 6) is 0. The maximum Gasteiger partial charge on any atom is -0.00987 e. The first kappa shape index (κ1) is 46.1. The monoisotopic (exact) mass is 1050 g/mol. The fourth-order valence-corrected chi connectivity index (χ4v) is 14.7. The molecule has 0 aliphatic heterocycles. The van der Waals surface area contributed by atoms with Crippen molar-refractivity contribution >= 4 is 140 Å². The van der Waals surface area contributed by atoms with Crippen LogP contribution in [0.15, 0.2) is 285 Å². The van der Waals surface area contributed by atoms with Crippen LogP contribution in [0.2, 0.25) is 0 Å². The molecule has 0 amide bonds. The second-order valence-electron chi connectivity index (χ2n) is 23.1. The molecule has 0 unspecified atom stereocenters. The van der Waals surface area contributed by atoms with E-state index in [4.69, 9.17) is 0 Å². The third-order valence-corrected chi connectivity index (χ3v) is 18.7. The van der Waals surface area contributed by atoms with Gasteiger partial charge < -0.3 is 0 Å². The lowest BCUT2D eigenvalue weighted by atomic mass is 9.87. The van der Waals surface area contributed by atoms with Crippen molar-refractivity contribution in [3.05, 3.63) is 291 Å². The highest BCUT2D eigenvalue weighted by Gasteiger charge is 2.18. The van der Waals surface area contributed by atoms with Crippen molar-refractivity contribution in [1.29, 1.82) is 0 Å². The van der Waals surface area contributed by atoms with Crippen LogP contribution in [-0.4, -0.2) is 0 Å². The average Bonchev–Trinajstić information content (AvgIpc) is 3.34. The summed E-state index contributed by atoms with van der Waals surface area (Å²) in [7, 11) is 0. The number of aryl methyl sites for hydroxylation is 1. The zero-order valence-electron chi connectivity index (χ0n) is 45.6. The highest BCUT2D eigenvalue weighted by Crippen LogP contribution is 2.45. The molecule has 0 N–H and O–H groups in total. The maximum absolute atomic E-state index is 2.43. The zero-order valence-corrected chi connectivity index (χ0v) is 45.6. The largest absolute Gasteiger partial charge is 0.0616 e. The summed E-state index contributed by atoms with van der Waals surface area (Å²) in [6.07, 6.45) is 0. The molecule has 0 spiro atoms. The number of benzene rings is 18. The number of hydrogen-bond donors (Lipinski definition) is 0. The lowest BCUT2D eigenvalue weighted by Gasteiger charge is -2.16. The third kappa shape index (κ3) is 6.94. The van der Waals surface area contributed by atoms with Gasteiger partial charge in [0.25, 0.3) is 0 Å². The molecule has 0 aliphatic rings. The van der Waals surface area contributed by atoms with E-state index in [2.05, 4.69) is 292 Å². The summed E-state index contributed by atoms with van der Waals surface area (Å²) in [6, 6.07) is 108. The van der Waals surface area contributed by atoms with Crippen molar-refractivity contribution in [3.63, 3.8) is 0 Å². The molecule has 0 saturated heterocycles. The third-order valence-electron chi connectivity index (χ3n) is 18.7. The van der Waals surface area contributed by atoms with E-state index in [1.165, 1.54) is 190 Å². The lowest BCUT2D eigenvalue weighted by Crippen LogP contribution is -1.89. The van der Waals surface area contributed by atoms with Gasteiger partial charge in [-0.15, -0.1) is 0 Å². The summed E-state index contributed by atoms with van der Waals surface area (Å²) < 4.78 is 0. The van der Waals surface area contributed by atoms with Gasteiger partial charge in [0.15, 0.2) is 0 Å². The quantitative estimate of drug-likeness (QED) is 0.122. The van der Waals surface area contributed by atoms with E-state index in [-0.39, 0.29) is 0 Å². The first-order valence-corrected chi connectivity index (χ1v) is 29.0. The van der Waals surface area contributed by atoms with Crippen molar-refractivity contribution in [1.82, 2.24) is 0 Å². The van der Waals surface area contributed by atoms with Gasteiger partial charge in [-0.05, 0) is 246 Å². The van der Waals surface area contributed by atoms with Crippen LogP contribution < -0.4 is 0 Å². The van der Waals surface area contributed by atoms with Crippen molar-refractivity contribution in [3.8, 4) is 44.5 Å². The minimum absolute atomic E-state index is 1.24. The molecule has 0 heteroatoms. The van der Waals surface area contributed by atoms with Crippen LogP contribution in [0.3, 0.4) is 0 Å². The second-order valence-corrected chi connectivity index (χ2v) is 23.1. The molecule has 0 atom stereocenters. The van der Waals surface area contributed by atoms with Crippen LogP contribution in [0.4, 0.5) is 0 Å². The van der Waals surface area contributed by atoms with Gasteiger partial charge in [0.2, 0.25) is 0 Å². The first-order chi connectivity index (χ1) is 41.0. The van der Waals surface area contributed by atoms with Crippen LogP contribution in [0.25, 0.3) is 185 Å². The van der Waals surface area contributed by atoms with E-state index in [9.17, 15) is 0 Å². The molecule has 0 bridgehead atoms. The topological polar surface area (TPSA) is 0 Å². The molecular formula is C83H50. The van der Waals surface area contributed by atoms with E-state index in [0.717, 1.165) is 0 Å². The van der Waals surface area contributed by atoms with E-state index in [1.807, 2.05) is 0 Å². The van der Waals surface area contributed by atoms with Crippen LogP contribution in [-0.2, 0) is 0 Å². The highest BCUT2D eigenvalue weighted by atomic mass is 14.2. The van der Waals surface area contributed by atoms with E-state index < -0.39 is 0 Å². The Hall–Kier alpha value is -10.7. The molecule has 0 nitrogen and oxygen atoms in total. The molecule has 0 aromatic heterocycles. The summed E-state index contributed by atoms with van der Waals surface area (Å²) in [5.41, 5.74) is 11.4. The summed E-state index contributed by atoms with van der Waals surface area (Å²) in [5, 5.41) is 33.0. The Kier molecular flexibility index (Phi) is 9.82. The smallest absolute Gasteiger partial charge is 0.00987 e. The SMILES string of the molecule is Cc1cccc2cc3c(ccc4c(-c5cccc6c5ccc5cc7c(-c8cccc9c8ccc8cc%10c(-c%11cccc%12c%11ccc%11cc%13c(-c%14cccc%15ccccc%14%15)cccc%13cc%11%12)cccc%10cc89)cccc7cc56)cccc43)cc12. The first-order valence-electron chi connectivity index (χ1n) is 29.0. The lowest BCUT2D eigenvalue weighted by molar-refractivity contribution is 1.54. The zero-order chi connectivity index (χ0) is 54.4. The van der Waals surface area contributed by atoms with Gasteiger partial charge >= 0.3 is 0 Å². The minimum atomic E-state index is 1.24. The molecule has 0 heterocycles. The van der Waals surface area contributed by atoms with Crippen LogP contribution in [0, 0.1) is 6.92 Å². The van der Waals surface area contributed by atoms with Crippen LogP contribution in [0.1, 0.15) is 5.56 Å².